The van der Waals surface area contributed by atoms with Gasteiger partial charge in [0.05, 0.1) is 5.76 Å². The first kappa shape index (κ1) is 38.3. The van der Waals surface area contributed by atoms with E-state index in [-0.39, 0.29) is 48.9 Å². The fourth-order valence-electron chi connectivity index (χ4n) is 5.24. The van der Waals surface area contributed by atoms with Crippen LogP contribution < -0.4 is 0 Å². The number of aliphatic hydroxyl groups is 1. The summed E-state index contributed by atoms with van der Waals surface area (Å²) in [4.78, 5) is 16.5. The molecule has 3 rings (SSSR count). The van der Waals surface area contributed by atoms with Gasteiger partial charge < -0.3 is 5.11 Å². The van der Waals surface area contributed by atoms with Crippen LogP contribution in [0.2, 0.25) is 17.3 Å². The molecule has 1 aromatic heterocycles. The van der Waals surface area contributed by atoms with Crippen LogP contribution in [0, 0.1) is 24.8 Å². The Kier molecular flexibility index (Phi) is 15.4. The molecule has 0 amide bonds. The quantitative estimate of drug-likeness (QED) is 0.0961. The summed E-state index contributed by atoms with van der Waals surface area (Å²) in [6.45, 7) is 17.1. The number of carbonyl (C=O) groups excluding carboxylic acids is 1. The van der Waals surface area contributed by atoms with Crippen molar-refractivity contribution < 1.29 is 30.0 Å². The van der Waals surface area contributed by atoms with Crippen LogP contribution in [0.4, 0.5) is 0 Å². The maximum Gasteiger partial charge on any atom is 0 e. The van der Waals surface area contributed by atoms with E-state index in [0.717, 1.165) is 36.9 Å². The number of aryl methyl sites for hydroxylation is 1. The summed E-state index contributed by atoms with van der Waals surface area (Å²) < 4.78 is 0. The van der Waals surface area contributed by atoms with Gasteiger partial charge in [-0.05, 0) is 25.7 Å². The Hall–Kier alpha value is -1.75. The maximum atomic E-state index is 11.7. The molecule has 0 aliphatic heterocycles. The van der Waals surface area contributed by atoms with Gasteiger partial charge in [0.25, 0.3) is 0 Å². The fourth-order valence-corrected chi connectivity index (χ4v) is 8.44. The number of ketones is 1. The molecule has 0 spiro atoms. The molecule has 0 unspecified atom stereocenters. The zero-order valence-corrected chi connectivity index (χ0v) is 32.4. The number of pyridine rings is 1. The average molecular weight is 810 g/mol. The third-order valence-electron chi connectivity index (χ3n) is 7.88. The van der Waals surface area contributed by atoms with Gasteiger partial charge in [-0.25, -0.2) is 0 Å². The summed E-state index contributed by atoms with van der Waals surface area (Å²) in [5, 5.41) is 13.5. The predicted octanol–water partition coefficient (Wildman–Crippen LogP) is 10.6. The Labute approximate surface area is 272 Å². The normalized spacial score (nSPS) is 12.3. The van der Waals surface area contributed by atoms with E-state index in [1.54, 1.807) is 0 Å². The van der Waals surface area contributed by atoms with Crippen LogP contribution in [0.25, 0.3) is 22.0 Å². The van der Waals surface area contributed by atoms with Crippen LogP contribution in [0.5, 0.6) is 0 Å². The Morgan fingerprint density at radius 2 is 1.55 bits per heavy atom. The van der Waals surface area contributed by atoms with Crippen molar-refractivity contribution in [3.05, 3.63) is 77.2 Å². The summed E-state index contributed by atoms with van der Waals surface area (Å²) in [5.41, 5.74) is 6.37. The van der Waals surface area contributed by atoms with Crippen molar-refractivity contribution in [2.75, 3.05) is 0 Å². The Balaban J connectivity index is 0.000000476. The topological polar surface area (TPSA) is 50.2 Å². The van der Waals surface area contributed by atoms with Crippen LogP contribution >= 0.6 is 0 Å². The van der Waals surface area contributed by atoms with E-state index < -0.39 is 13.3 Å². The van der Waals surface area contributed by atoms with Gasteiger partial charge in [0.1, 0.15) is 0 Å². The molecule has 233 valence electrons. The zero-order chi connectivity index (χ0) is 31.0. The van der Waals surface area contributed by atoms with Crippen molar-refractivity contribution in [2.24, 2.45) is 11.8 Å². The summed E-state index contributed by atoms with van der Waals surface area (Å²) in [6, 6.07) is 16.8. The first-order chi connectivity index (χ1) is 19.1. The van der Waals surface area contributed by atoms with Crippen molar-refractivity contribution in [1.29, 1.82) is 0 Å². The number of allylic oxidation sites excluding steroid dienone is 2. The van der Waals surface area contributed by atoms with Crippen LogP contribution in [0.3, 0.4) is 0 Å². The molecule has 0 fully saturated rings. The van der Waals surface area contributed by atoms with E-state index in [1.165, 1.54) is 38.8 Å². The maximum absolute atomic E-state index is 11.7. The molecular formula is C37H54GeIrNO2-. The molecule has 42 heavy (non-hydrogen) atoms. The van der Waals surface area contributed by atoms with Gasteiger partial charge in [-0.2, -0.15) is 0 Å². The Morgan fingerprint density at radius 1 is 0.976 bits per heavy atom. The number of rotatable bonds is 10. The number of aliphatic hydroxyl groups excluding tert-OH is 1. The van der Waals surface area contributed by atoms with Crippen molar-refractivity contribution in [3.8, 4) is 11.3 Å². The van der Waals surface area contributed by atoms with Crippen LogP contribution in [0.1, 0.15) is 90.8 Å². The van der Waals surface area contributed by atoms with E-state index in [0.29, 0.717) is 0 Å². The second-order valence-corrected chi connectivity index (χ2v) is 25.1. The monoisotopic (exact) mass is 811 g/mol. The minimum absolute atomic E-state index is 0. The first-order valence-electron chi connectivity index (χ1n) is 15.5. The van der Waals surface area contributed by atoms with Gasteiger partial charge >= 0.3 is 161 Å². The van der Waals surface area contributed by atoms with Crippen LogP contribution in [-0.2, 0) is 35.6 Å². The van der Waals surface area contributed by atoms with Gasteiger partial charge in [-0.1, -0.05) is 27.7 Å². The number of aromatic nitrogens is 1. The van der Waals surface area contributed by atoms with Crippen molar-refractivity contribution in [3.63, 3.8) is 0 Å². The number of benzene rings is 2. The van der Waals surface area contributed by atoms with E-state index in [4.69, 9.17) is 4.98 Å². The summed E-state index contributed by atoms with van der Waals surface area (Å²) >= 11 is -1.68. The third-order valence-corrected chi connectivity index (χ3v) is 10.9. The van der Waals surface area contributed by atoms with Gasteiger partial charge in [-0.15, -0.1) is 0 Å². The van der Waals surface area contributed by atoms with E-state index in [1.807, 2.05) is 33.9 Å². The molecule has 0 saturated carbocycles. The van der Waals surface area contributed by atoms with Crippen molar-refractivity contribution in [1.82, 2.24) is 4.98 Å². The second kappa shape index (κ2) is 16.9. The molecule has 3 nitrogen and oxygen atoms in total. The largest absolute Gasteiger partial charge is 0 e. The minimum atomic E-state index is -1.68. The first-order valence-corrected chi connectivity index (χ1v) is 23.3. The van der Waals surface area contributed by atoms with Gasteiger partial charge in [0.15, 0.2) is 5.78 Å². The smallest absolute Gasteiger partial charge is 0 e. The molecule has 1 N–H and O–H groups in total. The number of nitrogens with zero attached hydrogens (tertiary/aromatic N) is 1. The molecule has 1 radical (unpaired) electrons. The molecule has 0 saturated heterocycles. The van der Waals surface area contributed by atoms with E-state index >= 15 is 0 Å². The molecular weight excluding hydrogens is 755 g/mol. The molecule has 0 bridgehead atoms. The number of fused-ring (bicyclic) bond motifs is 1. The zero-order valence-electron chi connectivity index (χ0n) is 27.9. The number of hydrogen-bond donors (Lipinski definition) is 1. The molecule has 1 heterocycles. The summed E-state index contributed by atoms with van der Waals surface area (Å²) in [7, 11) is 0. The van der Waals surface area contributed by atoms with E-state index in [2.05, 4.69) is 87.4 Å². The van der Waals surface area contributed by atoms with Gasteiger partial charge in [0, 0.05) is 38.0 Å². The van der Waals surface area contributed by atoms with Crippen molar-refractivity contribution in [2.45, 2.75) is 109 Å². The number of carbonyl (C=O) groups is 1. The summed E-state index contributed by atoms with van der Waals surface area (Å²) in [6.07, 6.45) is 6.95. The third kappa shape index (κ3) is 11.1. The Bertz CT molecular complexity index is 1330. The predicted molar refractivity (Wildman–Crippen MR) is 180 cm³/mol. The Morgan fingerprint density at radius 3 is 2.07 bits per heavy atom. The minimum Gasteiger partial charge on any atom is 0 e. The fraction of sp³-hybridized carbons (Fsp3) is 0.514. The summed E-state index contributed by atoms with van der Waals surface area (Å²) in [5.74, 6) is 7.96. The van der Waals surface area contributed by atoms with Crippen molar-refractivity contribution >= 4 is 29.8 Å². The molecule has 0 aliphatic rings. The van der Waals surface area contributed by atoms with Crippen LogP contribution in [0.15, 0.2) is 54.4 Å². The van der Waals surface area contributed by atoms with Crippen LogP contribution in [-0.4, -0.2) is 29.1 Å². The molecule has 0 atom stereocenters. The molecule has 5 heteroatoms. The van der Waals surface area contributed by atoms with E-state index in [9.17, 15) is 9.90 Å². The molecule has 3 aromatic rings. The second-order valence-electron chi connectivity index (χ2n) is 13.6. The standard InChI is InChI=1S/C24H30GeN.C13H24O2.Ir/c1-17-16-26-23(14-20(17)15-25(5,6)7)19-12-18-10-8-9-11-21(18)22(13-19)24(2,3)4;1-5-10(6-2)12(14)9-13(15)11(7-3)8-4;/h8-11,13-14,16H,15H2,1-7H3;9-11,14H,5-8H2,1-4H3;/q-1;;/b;12-9-;. The number of hydrogen-bond acceptors (Lipinski definition) is 3. The molecule has 2 aromatic carbocycles. The average Bonchev–Trinajstić information content (AvgIpc) is 2.89. The SMILES string of the molecule is CCC(CC)C(=O)/C=C(\O)C(CC)CC.Cc1cnc(-c2[c-]c3ccccc3c(C(C)(C)C)c2)cc1[CH2][Ge]([CH3])([CH3])[CH3].[Ir]. The van der Waals surface area contributed by atoms with Gasteiger partial charge in [-0.3, -0.25) is 4.79 Å². The molecule has 0 aliphatic carbocycles. The van der Waals surface area contributed by atoms with Gasteiger partial charge in [0.2, 0.25) is 0 Å².